The van der Waals surface area contributed by atoms with E-state index in [9.17, 15) is 14.7 Å². The number of hydrogen-bond acceptors (Lipinski definition) is 3. The summed E-state index contributed by atoms with van der Waals surface area (Å²) in [6.45, 7) is 0.110. The molecule has 0 aromatic heterocycles. The van der Waals surface area contributed by atoms with Crippen molar-refractivity contribution >= 4 is 12.1 Å². The molecular weight excluding hydrogens is 306 g/mol. The highest BCUT2D eigenvalue weighted by Crippen LogP contribution is 2.46. The Morgan fingerprint density at radius 1 is 1.08 bits per heavy atom. The average molecular weight is 325 g/mol. The second kappa shape index (κ2) is 6.74. The van der Waals surface area contributed by atoms with E-state index in [-0.39, 0.29) is 12.5 Å². The van der Waals surface area contributed by atoms with E-state index < -0.39 is 17.6 Å². The number of carboxylic acids is 1. The Morgan fingerprint density at radius 3 is 2.25 bits per heavy atom. The Bertz CT molecular complexity index is 717. The summed E-state index contributed by atoms with van der Waals surface area (Å²) < 4.78 is 5.18. The number of carbonyl (C=O) groups excluding carboxylic acids is 1. The minimum Gasteiger partial charge on any atom is -0.479 e. The van der Waals surface area contributed by atoms with Gasteiger partial charge in [0.05, 0.1) is 0 Å². The Kier molecular flexibility index (Phi) is 4.51. The molecule has 0 radical (unpaired) electrons. The molecule has 1 amide bonds. The highest BCUT2D eigenvalue weighted by atomic mass is 16.5. The summed E-state index contributed by atoms with van der Waals surface area (Å²) >= 11 is 0. The van der Waals surface area contributed by atoms with Crippen LogP contribution in [0.5, 0.6) is 0 Å². The van der Waals surface area contributed by atoms with Crippen LogP contribution in [0.25, 0.3) is 0 Å². The predicted molar refractivity (Wildman–Crippen MR) is 88.5 cm³/mol. The van der Waals surface area contributed by atoms with Gasteiger partial charge in [0.15, 0.2) is 0 Å². The molecule has 0 heterocycles. The van der Waals surface area contributed by atoms with Gasteiger partial charge < -0.3 is 15.2 Å². The van der Waals surface area contributed by atoms with Gasteiger partial charge in [0.1, 0.15) is 12.1 Å². The van der Waals surface area contributed by atoms with Gasteiger partial charge in [0.2, 0.25) is 0 Å². The lowest BCUT2D eigenvalue weighted by Crippen LogP contribution is -2.63. The van der Waals surface area contributed by atoms with E-state index in [2.05, 4.69) is 5.32 Å². The molecule has 0 spiro atoms. The van der Waals surface area contributed by atoms with E-state index >= 15 is 0 Å². The highest BCUT2D eigenvalue weighted by Gasteiger charge is 2.55. The molecule has 5 nitrogen and oxygen atoms in total. The molecule has 0 bridgehead atoms. The summed E-state index contributed by atoms with van der Waals surface area (Å²) in [5, 5.41) is 12.3. The molecule has 124 valence electrons. The number of nitrogens with one attached hydrogen (secondary N) is 1. The monoisotopic (exact) mass is 325 g/mol. The lowest BCUT2D eigenvalue weighted by Gasteiger charge is -2.46. The first kappa shape index (κ1) is 16.1. The fourth-order valence-electron chi connectivity index (χ4n) is 3.11. The molecule has 2 N–H and O–H groups in total. The van der Waals surface area contributed by atoms with E-state index in [0.29, 0.717) is 6.42 Å². The Labute approximate surface area is 140 Å². The molecule has 2 aromatic carbocycles. The van der Waals surface area contributed by atoms with Gasteiger partial charge in [0, 0.05) is 5.92 Å². The zero-order valence-corrected chi connectivity index (χ0v) is 13.1. The molecule has 0 aliphatic heterocycles. The molecule has 2 aromatic rings. The molecule has 5 heteroatoms. The third-order valence-corrected chi connectivity index (χ3v) is 4.54. The van der Waals surface area contributed by atoms with Crippen molar-refractivity contribution in [2.24, 2.45) is 0 Å². The van der Waals surface area contributed by atoms with Crippen LogP contribution in [-0.4, -0.2) is 22.7 Å². The number of alkyl carbamates (subject to hydrolysis) is 1. The maximum atomic E-state index is 12.1. The molecule has 1 fully saturated rings. The second-order valence-electron chi connectivity index (χ2n) is 5.97. The van der Waals surface area contributed by atoms with Crippen LogP contribution in [-0.2, 0) is 16.1 Å². The summed E-state index contributed by atoms with van der Waals surface area (Å²) in [6.07, 6.45) is 0.402. The fraction of sp³-hybridized carbons (Fsp3) is 0.263. The van der Waals surface area contributed by atoms with Gasteiger partial charge >= 0.3 is 12.1 Å². The molecule has 3 rings (SSSR count). The van der Waals surface area contributed by atoms with E-state index in [1.165, 1.54) is 0 Å². The predicted octanol–water partition coefficient (Wildman–Crippen LogP) is 3.31. The molecule has 0 unspecified atom stereocenters. The maximum Gasteiger partial charge on any atom is 0.408 e. The molecule has 0 saturated heterocycles. The van der Waals surface area contributed by atoms with Crippen LogP contribution in [0.4, 0.5) is 4.79 Å². The van der Waals surface area contributed by atoms with E-state index in [1.807, 2.05) is 60.7 Å². The topological polar surface area (TPSA) is 75.6 Å². The van der Waals surface area contributed by atoms with E-state index in [1.54, 1.807) is 0 Å². The van der Waals surface area contributed by atoms with Crippen molar-refractivity contribution in [3.63, 3.8) is 0 Å². The number of benzene rings is 2. The molecular formula is C19H19NO4. The number of amides is 1. The van der Waals surface area contributed by atoms with Gasteiger partial charge in [0.25, 0.3) is 0 Å². The third kappa shape index (κ3) is 3.11. The summed E-state index contributed by atoms with van der Waals surface area (Å²) in [6, 6.07) is 18.7. The quantitative estimate of drug-likeness (QED) is 0.884. The molecule has 1 aliphatic rings. The number of hydrogen-bond donors (Lipinski definition) is 2. The summed E-state index contributed by atoms with van der Waals surface area (Å²) in [7, 11) is 0. The first-order valence-electron chi connectivity index (χ1n) is 7.89. The van der Waals surface area contributed by atoms with Crippen LogP contribution in [0.3, 0.4) is 0 Å². The smallest absolute Gasteiger partial charge is 0.408 e. The number of ether oxygens (including phenoxy) is 1. The molecule has 1 aliphatic carbocycles. The fourth-order valence-corrected chi connectivity index (χ4v) is 3.11. The number of rotatable bonds is 5. The number of carboxylic acid groups (broad SMARTS) is 1. The molecule has 2 atom stereocenters. The lowest BCUT2D eigenvalue weighted by molar-refractivity contribution is -0.150. The van der Waals surface area contributed by atoms with Gasteiger partial charge in [-0.25, -0.2) is 9.59 Å². The van der Waals surface area contributed by atoms with Crippen molar-refractivity contribution in [2.75, 3.05) is 0 Å². The van der Waals surface area contributed by atoms with Gasteiger partial charge in [-0.3, -0.25) is 0 Å². The van der Waals surface area contributed by atoms with Crippen LogP contribution < -0.4 is 5.32 Å². The number of carbonyl (C=O) groups is 2. The van der Waals surface area contributed by atoms with E-state index in [4.69, 9.17) is 4.74 Å². The van der Waals surface area contributed by atoms with Crippen molar-refractivity contribution < 1.29 is 19.4 Å². The van der Waals surface area contributed by atoms with Crippen molar-refractivity contribution in [3.8, 4) is 0 Å². The summed E-state index contributed by atoms with van der Waals surface area (Å²) in [4.78, 5) is 23.9. The van der Waals surface area contributed by atoms with Crippen LogP contribution in [0.1, 0.15) is 29.9 Å². The Balaban J connectivity index is 1.68. The molecule has 24 heavy (non-hydrogen) atoms. The standard InChI is InChI=1S/C19H19NO4/c21-17(22)19(12-11-16(19)15-9-5-2-6-10-15)20-18(23)24-13-14-7-3-1-4-8-14/h1-10,16H,11-13H2,(H,20,23)(H,21,22)/t16-,19-/m0/s1. The normalized spacial score (nSPS) is 22.2. The zero-order chi connectivity index (χ0) is 17.0. The first-order chi connectivity index (χ1) is 11.6. The van der Waals surface area contributed by atoms with Crippen LogP contribution >= 0.6 is 0 Å². The number of aliphatic carboxylic acids is 1. The van der Waals surface area contributed by atoms with Crippen molar-refractivity contribution in [1.82, 2.24) is 5.32 Å². The van der Waals surface area contributed by atoms with Crippen molar-refractivity contribution in [2.45, 2.75) is 30.9 Å². The first-order valence-corrected chi connectivity index (χ1v) is 7.89. The Hall–Kier alpha value is -2.82. The van der Waals surface area contributed by atoms with Gasteiger partial charge in [-0.1, -0.05) is 60.7 Å². The summed E-state index contributed by atoms with van der Waals surface area (Å²) in [5.74, 6) is -1.28. The van der Waals surface area contributed by atoms with E-state index in [0.717, 1.165) is 17.5 Å². The highest BCUT2D eigenvalue weighted by molar-refractivity contribution is 5.87. The van der Waals surface area contributed by atoms with Crippen LogP contribution in [0.15, 0.2) is 60.7 Å². The minimum absolute atomic E-state index is 0.110. The maximum absolute atomic E-state index is 12.1. The van der Waals surface area contributed by atoms with Gasteiger partial charge in [-0.05, 0) is 24.0 Å². The molecule has 1 saturated carbocycles. The lowest BCUT2D eigenvalue weighted by atomic mass is 9.63. The van der Waals surface area contributed by atoms with Crippen LogP contribution in [0, 0.1) is 0 Å². The zero-order valence-electron chi connectivity index (χ0n) is 13.1. The average Bonchev–Trinajstić information content (AvgIpc) is 2.58. The SMILES string of the molecule is O=C(N[C@@]1(C(=O)O)CC[C@H]1c1ccccc1)OCc1ccccc1. The summed E-state index contributed by atoms with van der Waals surface area (Å²) in [5.41, 5.74) is 0.467. The largest absolute Gasteiger partial charge is 0.479 e. The van der Waals surface area contributed by atoms with Gasteiger partial charge in [-0.2, -0.15) is 0 Å². The Morgan fingerprint density at radius 2 is 1.71 bits per heavy atom. The minimum atomic E-state index is -1.30. The van der Waals surface area contributed by atoms with Crippen molar-refractivity contribution in [3.05, 3.63) is 71.8 Å². The second-order valence-corrected chi connectivity index (χ2v) is 5.97. The van der Waals surface area contributed by atoms with Crippen molar-refractivity contribution in [1.29, 1.82) is 0 Å². The van der Waals surface area contributed by atoms with Gasteiger partial charge in [-0.15, -0.1) is 0 Å². The van der Waals surface area contributed by atoms with Crippen LogP contribution in [0.2, 0.25) is 0 Å². The third-order valence-electron chi connectivity index (χ3n) is 4.54.